The molecule has 0 heterocycles. The van der Waals surface area contributed by atoms with Crippen LogP contribution in [0.15, 0.2) is 72.8 Å². The van der Waals surface area contributed by atoms with Gasteiger partial charge in [-0.2, -0.15) is 0 Å². The molecular weight excluding hydrogens is 593 g/mol. The molecule has 3 rings (SSSR count). The molecule has 2 atom stereocenters. The topological polar surface area (TPSA) is 86.8 Å². The van der Waals surface area contributed by atoms with Crippen LogP contribution in [0.5, 0.6) is 0 Å². The van der Waals surface area contributed by atoms with Gasteiger partial charge in [0, 0.05) is 42.0 Å². The second-order valence-electron chi connectivity index (χ2n) is 10.5. The quantitative estimate of drug-likeness (QED) is 0.223. The molecule has 0 saturated carbocycles. The molecule has 0 fully saturated rings. The largest absolute Gasteiger partial charge is 0.352 e. The second-order valence-corrected chi connectivity index (χ2v) is 13.2. The molecule has 0 aromatic heterocycles. The van der Waals surface area contributed by atoms with Gasteiger partial charge in [-0.25, -0.2) is 8.42 Å². The summed E-state index contributed by atoms with van der Waals surface area (Å²) in [4.78, 5) is 29.2. The van der Waals surface area contributed by atoms with Crippen molar-refractivity contribution in [1.29, 1.82) is 0 Å². The number of carbonyl (C=O) groups excluding carboxylic acids is 2. The maximum absolute atomic E-state index is 14.0. The van der Waals surface area contributed by atoms with Crippen molar-refractivity contribution in [1.82, 2.24) is 10.2 Å². The van der Waals surface area contributed by atoms with Gasteiger partial charge in [0.25, 0.3) is 0 Å². The lowest BCUT2D eigenvalue weighted by Crippen LogP contribution is -2.52. The minimum Gasteiger partial charge on any atom is -0.352 e. The summed E-state index contributed by atoms with van der Waals surface area (Å²) in [5, 5.41) is 4.00. The van der Waals surface area contributed by atoms with Crippen LogP contribution in [0.2, 0.25) is 10.0 Å². The fourth-order valence-corrected chi connectivity index (χ4v) is 6.03. The molecule has 1 N–H and O–H groups in total. The summed E-state index contributed by atoms with van der Waals surface area (Å²) < 4.78 is 26.7. The van der Waals surface area contributed by atoms with Crippen LogP contribution in [0.25, 0.3) is 0 Å². The van der Waals surface area contributed by atoms with E-state index in [0.29, 0.717) is 33.3 Å². The third kappa shape index (κ3) is 9.21. The lowest BCUT2D eigenvalue weighted by atomic mass is 10.0. The summed E-state index contributed by atoms with van der Waals surface area (Å²) in [5.74, 6) is -0.521. The highest BCUT2D eigenvalue weighted by Crippen LogP contribution is 2.29. The van der Waals surface area contributed by atoms with Crippen molar-refractivity contribution >= 4 is 50.7 Å². The van der Waals surface area contributed by atoms with Gasteiger partial charge in [0.1, 0.15) is 6.04 Å². The molecule has 3 aromatic rings. The van der Waals surface area contributed by atoms with Crippen LogP contribution in [-0.4, -0.2) is 50.0 Å². The summed E-state index contributed by atoms with van der Waals surface area (Å²) in [6, 6.07) is 21.0. The third-order valence-electron chi connectivity index (χ3n) is 7.23. The maximum atomic E-state index is 14.0. The van der Waals surface area contributed by atoms with Gasteiger partial charge in [0.05, 0.1) is 11.9 Å². The SMILES string of the molecule is CC[C@H](C)NC(=O)[C@@H](Cc1ccccc1)N(Cc1ccccc1Cl)C(=O)CCCN(c1cccc(Cl)c1C)S(C)(=O)=O. The van der Waals surface area contributed by atoms with Gasteiger partial charge in [0.15, 0.2) is 0 Å². The number of sulfonamides is 1. The average molecular weight is 633 g/mol. The van der Waals surface area contributed by atoms with Crippen LogP contribution in [0.1, 0.15) is 49.8 Å². The van der Waals surface area contributed by atoms with Crippen molar-refractivity contribution in [3.63, 3.8) is 0 Å². The Kier molecular flexibility index (Phi) is 12.3. The Morgan fingerprint density at radius 3 is 2.21 bits per heavy atom. The van der Waals surface area contributed by atoms with E-state index in [1.165, 1.54) is 4.31 Å². The molecule has 0 spiro atoms. The lowest BCUT2D eigenvalue weighted by molar-refractivity contribution is -0.141. The van der Waals surface area contributed by atoms with E-state index in [0.717, 1.165) is 18.2 Å². The number of hydrogen-bond acceptors (Lipinski definition) is 4. The standard InChI is InChI=1S/C32H39Cl2N3O4S/c1-5-23(2)35-32(39)30(21-25-13-7-6-8-14-25)36(22-26-15-9-10-16-28(26)34)31(38)19-12-20-37(42(4,40)41)29-18-11-17-27(33)24(29)3/h6-11,13-18,23,30H,5,12,19-22H2,1-4H3,(H,35,39)/t23-,30+/m0/s1. The molecule has 226 valence electrons. The van der Waals surface area contributed by atoms with Crippen molar-refractivity contribution in [3.8, 4) is 0 Å². The molecule has 2 amide bonds. The molecule has 0 saturated heterocycles. The van der Waals surface area contributed by atoms with Gasteiger partial charge in [-0.15, -0.1) is 0 Å². The predicted octanol–water partition coefficient (Wildman–Crippen LogP) is 6.40. The summed E-state index contributed by atoms with van der Waals surface area (Å²) in [6.45, 7) is 5.88. The summed E-state index contributed by atoms with van der Waals surface area (Å²) in [6.07, 6.45) is 2.46. The Hall–Kier alpha value is -3.07. The molecule has 10 heteroatoms. The van der Waals surface area contributed by atoms with Gasteiger partial charge < -0.3 is 10.2 Å². The first kappa shape index (κ1) is 33.4. The van der Waals surface area contributed by atoms with Crippen molar-refractivity contribution < 1.29 is 18.0 Å². The van der Waals surface area contributed by atoms with E-state index < -0.39 is 16.1 Å². The fourth-order valence-electron chi connectivity index (χ4n) is 4.65. The molecule has 42 heavy (non-hydrogen) atoms. The highest BCUT2D eigenvalue weighted by molar-refractivity contribution is 7.92. The molecule has 3 aromatic carbocycles. The van der Waals surface area contributed by atoms with E-state index in [1.807, 2.05) is 62.4 Å². The first-order valence-corrected chi connectivity index (χ1v) is 16.6. The van der Waals surface area contributed by atoms with Crippen LogP contribution in [-0.2, 0) is 32.6 Å². The van der Waals surface area contributed by atoms with E-state index in [2.05, 4.69) is 5.32 Å². The van der Waals surface area contributed by atoms with Gasteiger partial charge in [-0.1, -0.05) is 84.7 Å². The zero-order valence-electron chi connectivity index (χ0n) is 24.5. The Morgan fingerprint density at radius 1 is 0.929 bits per heavy atom. The molecule has 0 aliphatic carbocycles. The third-order valence-corrected chi connectivity index (χ3v) is 9.19. The monoisotopic (exact) mass is 631 g/mol. The molecule has 7 nitrogen and oxygen atoms in total. The van der Waals surface area contributed by atoms with Gasteiger partial charge in [-0.3, -0.25) is 13.9 Å². The smallest absolute Gasteiger partial charge is 0.243 e. The van der Waals surface area contributed by atoms with E-state index in [1.54, 1.807) is 36.1 Å². The number of halogens is 2. The van der Waals surface area contributed by atoms with Crippen molar-refractivity contribution in [2.24, 2.45) is 0 Å². The summed E-state index contributed by atoms with van der Waals surface area (Å²) >= 11 is 12.8. The molecule has 0 aliphatic heterocycles. The number of anilines is 1. The first-order chi connectivity index (χ1) is 19.9. The Bertz CT molecular complexity index is 1470. The molecule has 0 radical (unpaired) electrons. The van der Waals surface area contributed by atoms with Crippen molar-refractivity contribution in [3.05, 3.63) is 99.5 Å². The Morgan fingerprint density at radius 2 is 1.57 bits per heavy atom. The normalized spacial score (nSPS) is 12.8. The molecule has 0 unspecified atom stereocenters. The van der Waals surface area contributed by atoms with Crippen molar-refractivity contribution in [2.75, 3.05) is 17.1 Å². The number of nitrogens with zero attached hydrogens (tertiary/aromatic N) is 2. The molecule has 0 bridgehead atoms. The maximum Gasteiger partial charge on any atom is 0.243 e. The van der Waals surface area contributed by atoms with Crippen LogP contribution >= 0.6 is 23.2 Å². The minimum atomic E-state index is -3.65. The van der Waals surface area contributed by atoms with E-state index >= 15 is 0 Å². The Labute approximate surface area is 259 Å². The highest BCUT2D eigenvalue weighted by atomic mass is 35.5. The van der Waals surface area contributed by atoms with E-state index in [4.69, 9.17) is 23.2 Å². The van der Waals surface area contributed by atoms with E-state index in [9.17, 15) is 18.0 Å². The van der Waals surface area contributed by atoms with Gasteiger partial charge >= 0.3 is 0 Å². The van der Waals surface area contributed by atoms with Gasteiger partial charge in [0.2, 0.25) is 21.8 Å². The number of carbonyl (C=O) groups is 2. The summed E-state index contributed by atoms with van der Waals surface area (Å²) in [5.41, 5.74) is 2.74. The zero-order valence-corrected chi connectivity index (χ0v) is 26.8. The van der Waals surface area contributed by atoms with Crippen LogP contribution < -0.4 is 9.62 Å². The first-order valence-electron chi connectivity index (χ1n) is 14.0. The highest BCUT2D eigenvalue weighted by Gasteiger charge is 2.31. The zero-order chi connectivity index (χ0) is 30.9. The van der Waals surface area contributed by atoms with Gasteiger partial charge in [-0.05, 0) is 61.6 Å². The van der Waals surface area contributed by atoms with Crippen LogP contribution in [0.4, 0.5) is 5.69 Å². The van der Waals surface area contributed by atoms with Crippen LogP contribution in [0, 0.1) is 6.92 Å². The summed E-state index contributed by atoms with van der Waals surface area (Å²) in [7, 11) is -3.65. The lowest BCUT2D eigenvalue weighted by Gasteiger charge is -2.33. The Balaban J connectivity index is 1.92. The second kappa shape index (κ2) is 15.4. The number of benzene rings is 3. The molecular formula is C32H39Cl2N3O4S. The average Bonchev–Trinajstić information content (AvgIpc) is 2.95. The molecule has 0 aliphatic rings. The van der Waals surface area contributed by atoms with Crippen molar-refractivity contribution in [2.45, 2.75) is 65.1 Å². The number of hydrogen-bond donors (Lipinski definition) is 1. The predicted molar refractivity (Wildman–Crippen MR) is 171 cm³/mol. The van der Waals surface area contributed by atoms with E-state index in [-0.39, 0.29) is 43.8 Å². The van der Waals surface area contributed by atoms with Crippen LogP contribution in [0.3, 0.4) is 0 Å². The fraction of sp³-hybridized carbons (Fsp3) is 0.375. The number of nitrogens with one attached hydrogen (secondary N) is 1. The number of amides is 2. The minimum absolute atomic E-state index is 0.0258. The number of rotatable bonds is 14.